The van der Waals surface area contributed by atoms with Crippen LogP contribution in [0.15, 0.2) is 0 Å². The molecule has 2 nitrogen and oxygen atoms in total. The van der Waals surface area contributed by atoms with Gasteiger partial charge in [0.2, 0.25) is 0 Å². The van der Waals surface area contributed by atoms with Gasteiger partial charge in [0.15, 0.2) is 0 Å². The minimum Gasteiger partial charge on any atom is -0.308 e. The van der Waals surface area contributed by atoms with Crippen LogP contribution in [0.5, 0.6) is 0 Å². The topological polar surface area (TPSA) is 15.3 Å². The van der Waals surface area contributed by atoms with E-state index in [1.54, 1.807) is 0 Å². The standard InChI is InChI=1S/C10H22N2/c1-5-12-7-6-10(4,8-12)11-9(2)3/h9,11H,5-8H2,1-4H3/t10-/m0/s1. The van der Waals surface area contributed by atoms with Crippen molar-refractivity contribution in [2.24, 2.45) is 0 Å². The molecule has 2 heteroatoms. The van der Waals surface area contributed by atoms with Crippen molar-refractivity contribution in [1.82, 2.24) is 10.2 Å². The number of nitrogens with one attached hydrogen (secondary N) is 1. The molecule has 0 aromatic rings. The normalized spacial score (nSPS) is 31.8. The van der Waals surface area contributed by atoms with E-state index in [-0.39, 0.29) is 0 Å². The Bertz CT molecular complexity index is 145. The molecule has 0 spiro atoms. The molecule has 0 aliphatic carbocycles. The third-order valence-electron chi connectivity index (χ3n) is 2.64. The van der Waals surface area contributed by atoms with Gasteiger partial charge in [-0.1, -0.05) is 20.8 Å². The molecule has 0 amide bonds. The molecule has 1 saturated heterocycles. The Balaban J connectivity index is 2.41. The fourth-order valence-corrected chi connectivity index (χ4v) is 2.14. The van der Waals surface area contributed by atoms with E-state index < -0.39 is 0 Å². The fraction of sp³-hybridized carbons (Fsp3) is 1.00. The zero-order valence-corrected chi connectivity index (χ0v) is 8.85. The van der Waals surface area contributed by atoms with Crippen molar-refractivity contribution in [3.8, 4) is 0 Å². The third-order valence-corrected chi connectivity index (χ3v) is 2.64. The monoisotopic (exact) mass is 170 g/mol. The molecule has 0 aromatic carbocycles. The zero-order chi connectivity index (χ0) is 9.19. The zero-order valence-electron chi connectivity index (χ0n) is 8.85. The second-order valence-electron chi connectivity index (χ2n) is 4.48. The van der Waals surface area contributed by atoms with Gasteiger partial charge in [-0.25, -0.2) is 0 Å². The van der Waals surface area contributed by atoms with Crippen LogP contribution in [-0.4, -0.2) is 36.1 Å². The number of hydrogen-bond acceptors (Lipinski definition) is 2. The Kier molecular flexibility index (Phi) is 3.13. The van der Waals surface area contributed by atoms with E-state index in [1.165, 1.54) is 26.1 Å². The first-order chi connectivity index (χ1) is 5.56. The summed E-state index contributed by atoms with van der Waals surface area (Å²) in [5.74, 6) is 0. The first-order valence-electron chi connectivity index (χ1n) is 5.06. The Hall–Kier alpha value is -0.0800. The molecular formula is C10H22N2. The Morgan fingerprint density at radius 2 is 2.17 bits per heavy atom. The molecule has 0 unspecified atom stereocenters. The van der Waals surface area contributed by atoms with Crippen LogP contribution in [0.4, 0.5) is 0 Å². The predicted octanol–water partition coefficient (Wildman–Crippen LogP) is 1.47. The number of likely N-dealkylation sites (N-methyl/N-ethyl adjacent to an activating group) is 1. The highest BCUT2D eigenvalue weighted by Crippen LogP contribution is 2.20. The molecule has 1 rings (SSSR count). The van der Waals surface area contributed by atoms with Gasteiger partial charge in [-0.05, 0) is 26.4 Å². The summed E-state index contributed by atoms with van der Waals surface area (Å²) in [5.41, 5.74) is 0.365. The van der Waals surface area contributed by atoms with E-state index >= 15 is 0 Å². The van der Waals surface area contributed by atoms with Crippen molar-refractivity contribution in [2.45, 2.75) is 45.7 Å². The lowest BCUT2D eigenvalue weighted by Crippen LogP contribution is -2.48. The molecular weight excluding hydrogens is 148 g/mol. The number of nitrogens with zero attached hydrogens (tertiary/aromatic N) is 1. The summed E-state index contributed by atoms with van der Waals surface area (Å²) in [5, 5.41) is 3.64. The second-order valence-corrected chi connectivity index (χ2v) is 4.48. The van der Waals surface area contributed by atoms with Crippen LogP contribution in [0.25, 0.3) is 0 Å². The SMILES string of the molecule is CCN1CC[C@](C)(NC(C)C)C1. The van der Waals surface area contributed by atoms with Gasteiger partial charge in [0.1, 0.15) is 0 Å². The first-order valence-corrected chi connectivity index (χ1v) is 5.06. The highest BCUT2D eigenvalue weighted by Gasteiger charge is 2.32. The largest absolute Gasteiger partial charge is 0.308 e. The Morgan fingerprint density at radius 3 is 2.58 bits per heavy atom. The lowest BCUT2D eigenvalue weighted by molar-refractivity contribution is 0.291. The summed E-state index contributed by atoms with van der Waals surface area (Å²) in [6, 6.07) is 0.604. The summed E-state index contributed by atoms with van der Waals surface area (Å²) in [4.78, 5) is 2.51. The van der Waals surface area contributed by atoms with Gasteiger partial charge < -0.3 is 10.2 Å². The smallest absolute Gasteiger partial charge is 0.0294 e. The van der Waals surface area contributed by atoms with Gasteiger partial charge in [-0.3, -0.25) is 0 Å². The quantitative estimate of drug-likeness (QED) is 0.690. The fourth-order valence-electron chi connectivity index (χ4n) is 2.14. The van der Waals surface area contributed by atoms with E-state index in [4.69, 9.17) is 0 Å². The van der Waals surface area contributed by atoms with Crippen molar-refractivity contribution < 1.29 is 0 Å². The maximum atomic E-state index is 3.64. The minimum atomic E-state index is 0.365. The molecule has 1 aliphatic heterocycles. The molecule has 1 fully saturated rings. The van der Waals surface area contributed by atoms with E-state index in [9.17, 15) is 0 Å². The minimum absolute atomic E-state index is 0.365. The summed E-state index contributed by atoms with van der Waals surface area (Å²) in [6.45, 7) is 12.7. The summed E-state index contributed by atoms with van der Waals surface area (Å²) in [6.07, 6.45) is 1.29. The highest BCUT2D eigenvalue weighted by molar-refractivity contribution is 4.93. The van der Waals surface area contributed by atoms with Gasteiger partial charge in [-0.15, -0.1) is 0 Å². The van der Waals surface area contributed by atoms with Gasteiger partial charge >= 0.3 is 0 Å². The molecule has 0 bridgehead atoms. The van der Waals surface area contributed by atoms with Crippen molar-refractivity contribution in [2.75, 3.05) is 19.6 Å². The Morgan fingerprint density at radius 1 is 1.50 bits per heavy atom. The molecule has 1 atom stereocenters. The predicted molar refractivity (Wildman–Crippen MR) is 53.4 cm³/mol. The summed E-state index contributed by atoms with van der Waals surface area (Å²) >= 11 is 0. The van der Waals surface area contributed by atoms with Crippen LogP contribution in [0.3, 0.4) is 0 Å². The average Bonchev–Trinajstić information content (AvgIpc) is 2.30. The molecule has 72 valence electrons. The van der Waals surface area contributed by atoms with Crippen LogP contribution in [0.2, 0.25) is 0 Å². The molecule has 0 radical (unpaired) electrons. The highest BCUT2D eigenvalue weighted by atomic mass is 15.2. The van der Waals surface area contributed by atoms with Crippen molar-refractivity contribution in [1.29, 1.82) is 0 Å². The lowest BCUT2D eigenvalue weighted by Gasteiger charge is -2.28. The third kappa shape index (κ3) is 2.46. The van der Waals surface area contributed by atoms with E-state index in [1.807, 2.05) is 0 Å². The van der Waals surface area contributed by atoms with Crippen LogP contribution in [-0.2, 0) is 0 Å². The van der Waals surface area contributed by atoms with Gasteiger partial charge in [0.05, 0.1) is 0 Å². The number of rotatable bonds is 3. The van der Waals surface area contributed by atoms with Crippen molar-refractivity contribution in [3.63, 3.8) is 0 Å². The van der Waals surface area contributed by atoms with Gasteiger partial charge in [-0.2, -0.15) is 0 Å². The second kappa shape index (κ2) is 3.75. The molecule has 0 aromatic heterocycles. The van der Waals surface area contributed by atoms with Crippen molar-refractivity contribution in [3.05, 3.63) is 0 Å². The molecule has 0 saturated carbocycles. The molecule has 1 aliphatic rings. The first kappa shape index (κ1) is 10.0. The summed E-state index contributed by atoms with van der Waals surface area (Å²) < 4.78 is 0. The maximum absolute atomic E-state index is 3.64. The van der Waals surface area contributed by atoms with Crippen molar-refractivity contribution >= 4 is 0 Å². The van der Waals surface area contributed by atoms with E-state index in [0.717, 1.165) is 0 Å². The number of likely N-dealkylation sites (tertiary alicyclic amines) is 1. The van der Waals surface area contributed by atoms with Gasteiger partial charge in [0.25, 0.3) is 0 Å². The summed E-state index contributed by atoms with van der Waals surface area (Å²) in [7, 11) is 0. The van der Waals surface area contributed by atoms with Crippen LogP contribution >= 0.6 is 0 Å². The lowest BCUT2D eigenvalue weighted by atomic mass is 10.0. The molecule has 1 heterocycles. The van der Waals surface area contributed by atoms with Crippen LogP contribution < -0.4 is 5.32 Å². The Labute approximate surface area is 76.3 Å². The average molecular weight is 170 g/mol. The number of hydrogen-bond donors (Lipinski definition) is 1. The maximum Gasteiger partial charge on any atom is 0.0294 e. The van der Waals surface area contributed by atoms with Crippen LogP contribution in [0.1, 0.15) is 34.1 Å². The molecule has 12 heavy (non-hydrogen) atoms. The molecule has 1 N–H and O–H groups in total. The van der Waals surface area contributed by atoms with Gasteiger partial charge in [0, 0.05) is 18.1 Å². The van der Waals surface area contributed by atoms with E-state index in [0.29, 0.717) is 11.6 Å². The van der Waals surface area contributed by atoms with E-state index in [2.05, 4.69) is 37.9 Å². The van der Waals surface area contributed by atoms with Crippen LogP contribution in [0, 0.1) is 0 Å².